The lowest BCUT2D eigenvalue weighted by molar-refractivity contribution is -0.121. The first-order valence-corrected chi connectivity index (χ1v) is 8.53. The molecule has 2 amide bonds. The van der Waals surface area contributed by atoms with Gasteiger partial charge in [0.15, 0.2) is 0 Å². The molecule has 0 spiro atoms. The van der Waals surface area contributed by atoms with Gasteiger partial charge in [-0.2, -0.15) is 0 Å². The Morgan fingerprint density at radius 3 is 2.63 bits per heavy atom. The van der Waals surface area contributed by atoms with Crippen molar-refractivity contribution in [1.82, 2.24) is 15.2 Å². The van der Waals surface area contributed by atoms with Crippen molar-refractivity contribution < 1.29 is 19.1 Å². The summed E-state index contributed by atoms with van der Waals surface area (Å²) in [6.45, 7) is 5.09. The number of hydrogen-bond acceptors (Lipinski definition) is 5. The Kier molecular flexibility index (Phi) is 5.83. The zero-order chi connectivity index (χ0) is 19.2. The number of rotatable bonds is 8. The highest BCUT2D eigenvalue weighted by atomic mass is 16.5. The monoisotopic (exact) mass is 367 g/mol. The number of pyridine rings is 1. The van der Waals surface area contributed by atoms with Crippen molar-refractivity contribution in [3.05, 3.63) is 65.9 Å². The van der Waals surface area contributed by atoms with Gasteiger partial charge in [0, 0.05) is 42.7 Å². The topological polar surface area (TPSA) is 80.8 Å². The van der Waals surface area contributed by atoms with E-state index in [9.17, 15) is 9.59 Å². The number of nitrogens with one attached hydrogen (secondary N) is 1. The van der Waals surface area contributed by atoms with E-state index in [1.165, 1.54) is 4.90 Å². The highest BCUT2D eigenvalue weighted by Gasteiger charge is 2.31. The highest BCUT2D eigenvalue weighted by molar-refractivity contribution is 6.10. The number of amides is 2. The average molecular weight is 367 g/mol. The van der Waals surface area contributed by atoms with Crippen LogP contribution in [0.3, 0.4) is 0 Å². The van der Waals surface area contributed by atoms with Gasteiger partial charge in [0.25, 0.3) is 5.91 Å². The zero-order valence-electron chi connectivity index (χ0n) is 15.1. The van der Waals surface area contributed by atoms with Crippen molar-refractivity contribution >= 4 is 17.5 Å². The van der Waals surface area contributed by atoms with Crippen LogP contribution in [0, 0.1) is 0 Å². The lowest BCUT2D eigenvalue weighted by Gasteiger charge is -2.17. The first-order chi connectivity index (χ1) is 13.1. The van der Waals surface area contributed by atoms with Gasteiger partial charge >= 0.3 is 0 Å². The van der Waals surface area contributed by atoms with Crippen molar-refractivity contribution in [2.75, 3.05) is 26.9 Å². The van der Waals surface area contributed by atoms with Crippen LogP contribution in [0.25, 0.3) is 5.70 Å². The van der Waals surface area contributed by atoms with Gasteiger partial charge in [-0.25, -0.2) is 4.98 Å². The molecule has 0 bridgehead atoms. The Labute approximate surface area is 157 Å². The van der Waals surface area contributed by atoms with Crippen LogP contribution in [-0.4, -0.2) is 48.6 Å². The average Bonchev–Trinajstić information content (AvgIpc) is 2.93. The Morgan fingerprint density at radius 1 is 1.19 bits per heavy atom. The predicted octanol–water partition coefficient (Wildman–Crippen LogP) is 1.85. The third kappa shape index (κ3) is 4.32. The third-order valence-electron chi connectivity index (χ3n) is 4.17. The number of benzene rings is 1. The molecule has 7 heteroatoms. The number of carbonyl (C=O) groups is 2. The standard InChI is InChI=1S/C20H21N3O4/c1-14-16-5-3-4-6-17(16)20(25)23(14)13-18(24)21-11-15-7-8-19(22-12-15)27-10-9-26-2/h3-8,12H,1,9-11,13H2,2H3,(H,21,24). The Hall–Kier alpha value is -3.19. The highest BCUT2D eigenvalue weighted by Crippen LogP contribution is 2.30. The maximum absolute atomic E-state index is 12.4. The van der Waals surface area contributed by atoms with Gasteiger partial charge in [-0.15, -0.1) is 0 Å². The van der Waals surface area contributed by atoms with E-state index in [1.807, 2.05) is 18.2 Å². The van der Waals surface area contributed by atoms with Crippen LogP contribution in [0.4, 0.5) is 0 Å². The van der Waals surface area contributed by atoms with Crippen LogP contribution >= 0.6 is 0 Å². The Balaban J connectivity index is 1.50. The first kappa shape index (κ1) is 18.6. The van der Waals surface area contributed by atoms with E-state index in [2.05, 4.69) is 16.9 Å². The molecular formula is C20H21N3O4. The summed E-state index contributed by atoms with van der Waals surface area (Å²) in [5.74, 6) is 0.0292. The molecule has 140 valence electrons. The fraction of sp³-hybridized carbons (Fsp3) is 0.250. The van der Waals surface area contributed by atoms with Crippen LogP contribution in [0.15, 0.2) is 49.2 Å². The summed E-state index contributed by atoms with van der Waals surface area (Å²) in [6.07, 6.45) is 1.64. The zero-order valence-corrected chi connectivity index (χ0v) is 15.1. The van der Waals surface area contributed by atoms with Crippen LogP contribution in [0.5, 0.6) is 5.88 Å². The van der Waals surface area contributed by atoms with Crippen molar-refractivity contribution in [3.8, 4) is 5.88 Å². The molecule has 0 fully saturated rings. The number of aromatic nitrogens is 1. The molecule has 0 saturated heterocycles. The molecule has 7 nitrogen and oxygen atoms in total. The van der Waals surface area contributed by atoms with E-state index in [4.69, 9.17) is 9.47 Å². The van der Waals surface area contributed by atoms with Crippen LogP contribution in [0.2, 0.25) is 0 Å². The van der Waals surface area contributed by atoms with E-state index in [0.29, 0.717) is 36.9 Å². The molecule has 1 aliphatic heterocycles. The van der Waals surface area contributed by atoms with Crippen LogP contribution in [-0.2, 0) is 16.1 Å². The molecule has 2 heterocycles. The summed E-state index contributed by atoms with van der Waals surface area (Å²) in [4.78, 5) is 30.2. The number of ether oxygens (including phenoxy) is 2. The molecule has 3 rings (SSSR count). The summed E-state index contributed by atoms with van der Waals surface area (Å²) in [5.41, 5.74) is 2.72. The van der Waals surface area contributed by atoms with Crippen molar-refractivity contribution in [3.63, 3.8) is 0 Å². The quantitative estimate of drug-likeness (QED) is 0.720. The van der Waals surface area contributed by atoms with E-state index in [1.54, 1.807) is 31.5 Å². The van der Waals surface area contributed by atoms with Gasteiger partial charge in [-0.1, -0.05) is 30.8 Å². The van der Waals surface area contributed by atoms with E-state index in [-0.39, 0.29) is 18.4 Å². The lowest BCUT2D eigenvalue weighted by Crippen LogP contribution is -2.36. The molecule has 1 N–H and O–H groups in total. The van der Waals surface area contributed by atoms with E-state index < -0.39 is 0 Å². The second-order valence-electron chi connectivity index (χ2n) is 6.01. The summed E-state index contributed by atoms with van der Waals surface area (Å²) in [6, 6.07) is 10.8. The fourth-order valence-corrected chi connectivity index (χ4v) is 2.73. The number of fused-ring (bicyclic) bond motifs is 1. The molecule has 0 saturated carbocycles. The van der Waals surface area contributed by atoms with Gasteiger partial charge in [0.1, 0.15) is 13.2 Å². The normalized spacial score (nSPS) is 12.9. The lowest BCUT2D eigenvalue weighted by atomic mass is 10.1. The van der Waals surface area contributed by atoms with Gasteiger partial charge in [0.2, 0.25) is 11.8 Å². The second kappa shape index (κ2) is 8.46. The van der Waals surface area contributed by atoms with Crippen LogP contribution < -0.4 is 10.1 Å². The summed E-state index contributed by atoms with van der Waals surface area (Å²) in [7, 11) is 1.60. The minimum atomic E-state index is -0.266. The van der Waals surface area contributed by atoms with Gasteiger partial charge in [-0.3, -0.25) is 14.5 Å². The molecule has 0 unspecified atom stereocenters. The Bertz CT molecular complexity index is 814. The second-order valence-corrected chi connectivity index (χ2v) is 6.01. The molecule has 0 aliphatic carbocycles. The predicted molar refractivity (Wildman–Crippen MR) is 100.0 cm³/mol. The maximum Gasteiger partial charge on any atom is 0.259 e. The molecule has 2 aromatic rings. The molecule has 1 aromatic carbocycles. The third-order valence-corrected chi connectivity index (χ3v) is 4.17. The fourth-order valence-electron chi connectivity index (χ4n) is 2.73. The molecule has 0 atom stereocenters. The molecule has 1 aromatic heterocycles. The largest absolute Gasteiger partial charge is 0.475 e. The smallest absolute Gasteiger partial charge is 0.259 e. The van der Waals surface area contributed by atoms with Gasteiger partial charge in [-0.05, 0) is 11.6 Å². The molecule has 1 aliphatic rings. The summed E-state index contributed by atoms with van der Waals surface area (Å²) in [5, 5.41) is 2.79. The SMILES string of the molecule is C=C1c2ccccc2C(=O)N1CC(=O)NCc1ccc(OCCOC)nc1. The van der Waals surface area contributed by atoms with E-state index >= 15 is 0 Å². The van der Waals surface area contributed by atoms with Gasteiger partial charge in [0.05, 0.1) is 6.61 Å². The summed E-state index contributed by atoms with van der Waals surface area (Å²) < 4.78 is 10.3. The number of methoxy groups -OCH3 is 1. The Morgan fingerprint density at radius 2 is 1.96 bits per heavy atom. The minimum absolute atomic E-state index is 0.0714. The number of nitrogens with zero attached hydrogens (tertiary/aromatic N) is 2. The van der Waals surface area contributed by atoms with Crippen molar-refractivity contribution in [1.29, 1.82) is 0 Å². The molecule has 0 radical (unpaired) electrons. The van der Waals surface area contributed by atoms with E-state index in [0.717, 1.165) is 11.1 Å². The number of carbonyl (C=O) groups excluding carboxylic acids is 2. The van der Waals surface area contributed by atoms with Crippen molar-refractivity contribution in [2.24, 2.45) is 0 Å². The number of hydrogen-bond donors (Lipinski definition) is 1. The van der Waals surface area contributed by atoms with Crippen LogP contribution in [0.1, 0.15) is 21.5 Å². The first-order valence-electron chi connectivity index (χ1n) is 8.53. The van der Waals surface area contributed by atoms with Gasteiger partial charge < -0.3 is 14.8 Å². The van der Waals surface area contributed by atoms with Crippen molar-refractivity contribution in [2.45, 2.75) is 6.54 Å². The minimum Gasteiger partial charge on any atom is -0.475 e. The molecular weight excluding hydrogens is 346 g/mol. The molecule has 27 heavy (non-hydrogen) atoms. The maximum atomic E-state index is 12.4. The summed E-state index contributed by atoms with van der Waals surface area (Å²) >= 11 is 0.